The first-order chi connectivity index (χ1) is 19.2. The number of H-pyrrole nitrogens is 1. The highest BCUT2D eigenvalue weighted by Crippen LogP contribution is 2.33. The number of carbonyl (C=O) groups excluding carboxylic acids is 3. The first-order valence-electron chi connectivity index (χ1n) is 12.5. The predicted octanol–water partition coefficient (Wildman–Crippen LogP) is 5.19. The fourth-order valence-corrected chi connectivity index (χ4v) is 4.98. The molecule has 1 atom stereocenters. The summed E-state index contributed by atoms with van der Waals surface area (Å²) in [7, 11) is 0. The molecule has 2 aromatic heterocycles. The summed E-state index contributed by atoms with van der Waals surface area (Å²) < 4.78 is 15.3. The molecule has 0 aliphatic carbocycles. The summed E-state index contributed by atoms with van der Waals surface area (Å²) in [4.78, 5) is 43.2. The zero-order valence-electron chi connectivity index (χ0n) is 21.6. The number of hydrogen-bond donors (Lipinski definition) is 3. The molecule has 204 valence electrons. The SMILES string of the molecule is C=CC(=O)Nc1cc(NC(=O)c2nn(Cc3ccc(F)cc3)c3c2CN(C(=O)c2ccc[nH]2)C[C@H]3C)ccc1Cl. The molecule has 1 aliphatic heterocycles. The number of amides is 3. The lowest BCUT2D eigenvalue weighted by molar-refractivity contribution is -0.111. The number of halogens is 2. The highest BCUT2D eigenvalue weighted by atomic mass is 35.5. The average Bonchev–Trinajstić information content (AvgIpc) is 3.60. The number of carbonyl (C=O) groups is 3. The number of rotatable bonds is 7. The third-order valence-electron chi connectivity index (χ3n) is 6.65. The van der Waals surface area contributed by atoms with Crippen LogP contribution in [-0.2, 0) is 17.9 Å². The van der Waals surface area contributed by atoms with Gasteiger partial charge >= 0.3 is 0 Å². The van der Waals surface area contributed by atoms with Gasteiger partial charge in [-0.2, -0.15) is 5.10 Å². The van der Waals surface area contributed by atoms with Gasteiger partial charge in [-0.05, 0) is 54.1 Å². The van der Waals surface area contributed by atoms with Crippen LogP contribution in [0.1, 0.15) is 50.6 Å². The van der Waals surface area contributed by atoms with Crippen molar-refractivity contribution in [2.24, 2.45) is 0 Å². The summed E-state index contributed by atoms with van der Waals surface area (Å²) in [5.41, 5.74) is 3.60. The molecule has 0 spiro atoms. The second-order valence-corrected chi connectivity index (χ2v) is 9.92. The smallest absolute Gasteiger partial charge is 0.276 e. The Balaban J connectivity index is 1.49. The van der Waals surface area contributed by atoms with E-state index in [1.54, 1.807) is 52.2 Å². The van der Waals surface area contributed by atoms with Gasteiger partial charge in [0.25, 0.3) is 11.8 Å². The van der Waals surface area contributed by atoms with E-state index >= 15 is 0 Å². The molecule has 1 aliphatic rings. The molecule has 3 N–H and O–H groups in total. The molecular weight excluding hydrogens is 535 g/mol. The van der Waals surface area contributed by atoms with E-state index in [4.69, 9.17) is 11.6 Å². The summed E-state index contributed by atoms with van der Waals surface area (Å²) in [5, 5.41) is 10.4. The Labute approximate surface area is 234 Å². The summed E-state index contributed by atoms with van der Waals surface area (Å²) in [6.45, 7) is 6.35. The van der Waals surface area contributed by atoms with Gasteiger partial charge in [0.05, 0.1) is 23.8 Å². The largest absolute Gasteiger partial charge is 0.357 e. The van der Waals surface area contributed by atoms with Crippen LogP contribution in [0.15, 0.2) is 73.4 Å². The normalized spacial score (nSPS) is 14.4. The van der Waals surface area contributed by atoms with Crippen molar-refractivity contribution in [2.45, 2.75) is 25.9 Å². The highest BCUT2D eigenvalue weighted by Gasteiger charge is 2.34. The molecule has 40 heavy (non-hydrogen) atoms. The summed E-state index contributed by atoms with van der Waals surface area (Å²) in [5.74, 6) is -1.59. The van der Waals surface area contributed by atoms with Crippen molar-refractivity contribution in [3.8, 4) is 0 Å². The van der Waals surface area contributed by atoms with Gasteiger partial charge in [-0.25, -0.2) is 4.39 Å². The second kappa shape index (κ2) is 11.2. The molecule has 3 amide bonds. The van der Waals surface area contributed by atoms with Gasteiger partial charge in [0.1, 0.15) is 11.5 Å². The molecule has 0 radical (unpaired) electrons. The van der Waals surface area contributed by atoms with E-state index in [-0.39, 0.29) is 29.9 Å². The van der Waals surface area contributed by atoms with Crippen LogP contribution >= 0.6 is 11.6 Å². The Morgan fingerprint density at radius 2 is 1.95 bits per heavy atom. The molecule has 3 heterocycles. The van der Waals surface area contributed by atoms with E-state index < -0.39 is 11.8 Å². The van der Waals surface area contributed by atoms with Crippen LogP contribution in [0.4, 0.5) is 15.8 Å². The van der Waals surface area contributed by atoms with Crippen LogP contribution in [-0.4, -0.2) is 43.9 Å². The fraction of sp³-hybridized carbons (Fsp3) is 0.172. The van der Waals surface area contributed by atoms with Crippen molar-refractivity contribution in [2.75, 3.05) is 17.2 Å². The number of aromatic nitrogens is 3. The van der Waals surface area contributed by atoms with E-state index in [0.29, 0.717) is 40.7 Å². The standard InChI is InChI=1S/C29H26ClFN6O3/c1-3-25(38)34-24-13-20(10-11-22(24)30)33-28(39)26-21-16-36(29(40)23-5-4-12-32-23)14-17(2)27(21)37(35-26)15-18-6-8-19(31)9-7-18/h3-13,17,32H,1,14-16H2,2H3,(H,33,39)(H,34,38)/t17-/m1/s1. The van der Waals surface area contributed by atoms with Crippen LogP contribution in [0.25, 0.3) is 0 Å². The lowest BCUT2D eigenvalue weighted by Gasteiger charge is -2.32. The van der Waals surface area contributed by atoms with Gasteiger partial charge in [0, 0.05) is 35.6 Å². The molecule has 0 unspecified atom stereocenters. The molecular formula is C29H26ClFN6O3. The second-order valence-electron chi connectivity index (χ2n) is 9.51. The Hall–Kier alpha value is -4.70. The Kier molecular flexibility index (Phi) is 7.52. The molecule has 9 nitrogen and oxygen atoms in total. The molecule has 4 aromatic rings. The third kappa shape index (κ3) is 5.52. The fourth-order valence-electron chi connectivity index (χ4n) is 4.82. The van der Waals surface area contributed by atoms with Crippen LogP contribution in [0.2, 0.25) is 5.02 Å². The number of fused-ring (bicyclic) bond motifs is 1. The summed E-state index contributed by atoms with van der Waals surface area (Å²) in [6.07, 6.45) is 2.80. The number of nitrogens with zero attached hydrogens (tertiary/aromatic N) is 3. The van der Waals surface area contributed by atoms with E-state index in [0.717, 1.165) is 17.3 Å². The number of anilines is 2. The van der Waals surface area contributed by atoms with Crippen molar-refractivity contribution in [3.63, 3.8) is 0 Å². The van der Waals surface area contributed by atoms with Crippen molar-refractivity contribution in [1.29, 1.82) is 0 Å². The number of benzene rings is 2. The molecule has 0 bridgehead atoms. The van der Waals surface area contributed by atoms with Crippen molar-refractivity contribution < 1.29 is 18.8 Å². The molecule has 5 rings (SSSR count). The molecule has 2 aromatic carbocycles. The predicted molar refractivity (Wildman–Crippen MR) is 150 cm³/mol. The topological polar surface area (TPSA) is 112 Å². The maximum absolute atomic E-state index is 13.6. The van der Waals surface area contributed by atoms with E-state index in [2.05, 4.69) is 27.3 Å². The van der Waals surface area contributed by atoms with E-state index in [1.807, 2.05) is 6.92 Å². The minimum absolute atomic E-state index is 0.131. The van der Waals surface area contributed by atoms with Crippen molar-refractivity contribution >= 4 is 40.7 Å². The van der Waals surface area contributed by atoms with Gasteiger partial charge in [-0.3, -0.25) is 19.1 Å². The van der Waals surface area contributed by atoms with Crippen LogP contribution in [0.5, 0.6) is 0 Å². The molecule has 0 fully saturated rings. The van der Waals surface area contributed by atoms with Gasteiger partial charge in [0.2, 0.25) is 5.91 Å². The minimum Gasteiger partial charge on any atom is -0.357 e. The average molecular weight is 561 g/mol. The third-order valence-corrected chi connectivity index (χ3v) is 6.98. The quantitative estimate of drug-likeness (QED) is 0.270. The lowest BCUT2D eigenvalue weighted by atomic mass is 9.95. The van der Waals surface area contributed by atoms with Crippen LogP contribution in [0, 0.1) is 5.82 Å². The van der Waals surface area contributed by atoms with Crippen LogP contribution in [0.3, 0.4) is 0 Å². The van der Waals surface area contributed by atoms with E-state index in [1.165, 1.54) is 18.2 Å². The lowest BCUT2D eigenvalue weighted by Crippen LogP contribution is -2.38. The zero-order chi connectivity index (χ0) is 28.4. The maximum atomic E-state index is 13.6. The Morgan fingerprint density at radius 1 is 1.18 bits per heavy atom. The first kappa shape index (κ1) is 26.9. The highest BCUT2D eigenvalue weighted by molar-refractivity contribution is 6.34. The Bertz CT molecular complexity index is 1600. The van der Waals surface area contributed by atoms with Gasteiger partial charge in [-0.15, -0.1) is 0 Å². The Morgan fingerprint density at radius 3 is 2.65 bits per heavy atom. The van der Waals surface area contributed by atoms with Crippen LogP contribution < -0.4 is 10.6 Å². The molecule has 0 saturated heterocycles. The zero-order valence-corrected chi connectivity index (χ0v) is 22.3. The molecule has 0 saturated carbocycles. The number of nitrogens with one attached hydrogen (secondary N) is 3. The van der Waals surface area contributed by atoms with Gasteiger partial charge in [0.15, 0.2) is 5.69 Å². The van der Waals surface area contributed by atoms with E-state index in [9.17, 15) is 18.8 Å². The van der Waals surface area contributed by atoms with Gasteiger partial charge < -0.3 is 20.5 Å². The van der Waals surface area contributed by atoms with Gasteiger partial charge in [-0.1, -0.05) is 37.2 Å². The summed E-state index contributed by atoms with van der Waals surface area (Å²) in [6, 6.07) is 14.3. The maximum Gasteiger partial charge on any atom is 0.276 e. The minimum atomic E-state index is -0.487. The molecule has 11 heteroatoms. The number of hydrogen-bond acceptors (Lipinski definition) is 4. The first-order valence-corrected chi connectivity index (χ1v) is 12.9. The van der Waals surface area contributed by atoms with Crippen molar-refractivity contribution in [1.82, 2.24) is 19.7 Å². The number of aromatic amines is 1. The monoisotopic (exact) mass is 560 g/mol. The summed E-state index contributed by atoms with van der Waals surface area (Å²) >= 11 is 6.20. The van der Waals surface area contributed by atoms with Crippen molar-refractivity contribution in [3.05, 3.63) is 112 Å².